The first-order valence-corrected chi connectivity index (χ1v) is 7.47. The summed E-state index contributed by atoms with van der Waals surface area (Å²) in [4.78, 5) is 17.4. The van der Waals surface area contributed by atoms with Gasteiger partial charge in [0, 0.05) is 5.70 Å². The Kier molecular flexibility index (Phi) is 3.45. The molecule has 1 aliphatic rings. The quantitative estimate of drug-likeness (QED) is 0.799. The maximum Gasteiger partial charge on any atom is 0.267 e. The number of nitrogens with one attached hydrogen (secondary N) is 1. The molecule has 0 unspecified atom stereocenters. The highest BCUT2D eigenvalue weighted by molar-refractivity contribution is 5.80. The molecule has 2 heterocycles. The first-order chi connectivity index (χ1) is 11.7. The number of aromatic nitrogens is 3. The Balaban J connectivity index is 1.97. The van der Waals surface area contributed by atoms with E-state index in [9.17, 15) is 9.18 Å². The Labute approximate surface area is 135 Å². The minimum absolute atomic E-state index is 0.237. The third kappa shape index (κ3) is 2.50. The summed E-state index contributed by atoms with van der Waals surface area (Å²) in [7, 11) is 0. The van der Waals surface area contributed by atoms with Crippen LogP contribution in [0.5, 0.6) is 0 Å². The smallest absolute Gasteiger partial charge is 0.267 e. The summed E-state index contributed by atoms with van der Waals surface area (Å²) in [5, 5.41) is 6.90. The van der Waals surface area contributed by atoms with Gasteiger partial charge in [0.15, 0.2) is 0 Å². The molecule has 120 valence electrons. The van der Waals surface area contributed by atoms with Gasteiger partial charge in [-0.05, 0) is 37.1 Å². The van der Waals surface area contributed by atoms with E-state index in [4.69, 9.17) is 4.52 Å². The van der Waals surface area contributed by atoms with Crippen molar-refractivity contribution in [1.29, 1.82) is 0 Å². The molecule has 6 nitrogen and oxygen atoms in total. The van der Waals surface area contributed by atoms with Crippen molar-refractivity contribution >= 4 is 28.2 Å². The molecule has 24 heavy (non-hydrogen) atoms. The largest absolute Gasteiger partial charge is 0.363 e. The van der Waals surface area contributed by atoms with Gasteiger partial charge in [0.2, 0.25) is 5.95 Å². The molecule has 0 radical (unpaired) electrons. The molecule has 4 rings (SSSR count). The van der Waals surface area contributed by atoms with Gasteiger partial charge in [-0.3, -0.25) is 4.79 Å². The minimum atomic E-state index is -0.467. The van der Waals surface area contributed by atoms with E-state index in [0.29, 0.717) is 23.6 Å². The van der Waals surface area contributed by atoms with Gasteiger partial charge in [0.05, 0.1) is 17.1 Å². The van der Waals surface area contributed by atoms with Crippen LogP contribution in [0.3, 0.4) is 0 Å². The Hall–Kier alpha value is -3.22. The third-order valence-corrected chi connectivity index (χ3v) is 3.80. The molecule has 7 heteroatoms. The standard InChI is InChI=1S/C17H13FN4O2/c18-11-6-7-15-14(8-11)16(23)22(13-4-2-1-3-5-13)17(21-15)20-12-9-19-24-10-12/h1-2,4,6-10H,3,5H2,(H,20,21). The lowest BCUT2D eigenvalue weighted by Crippen LogP contribution is -2.24. The van der Waals surface area contributed by atoms with Crippen LogP contribution in [0.4, 0.5) is 16.0 Å². The fraction of sp³-hybridized carbons (Fsp3) is 0.118. The van der Waals surface area contributed by atoms with Crippen LogP contribution in [-0.4, -0.2) is 14.7 Å². The average Bonchev–Trinajstić information content (AvgIpc) is 3.10. The molecule has 0 saturated heterocycles. The van der Waals surface area contributed by atoms with E-state index in [1.807, 2.05) is 18.2 Å². The van der Waals surface area contributed by atoms with Crippen molar-refractivity contribution in [3.63, 3.8) is 0 Å². The number of hydrogen-bond acceptors (Lipinski definition) is 5. The van der Waals surface area contributed by atoms with Gasteiger partial charge in [-0.2, -0.15) is 0 Å². The second-order valence-electron chi connectivity index (χ2n) is 5.40. The molecule has 1 aromatic carbocycles. The van der Waals surface area contributed by atoms with E-state index in [1.165, 1.54) is 35.2 Å². The summed E-state index contributed by atoms with van der Waals surface area (Å²) in [5.41, 5.74) is 1.47. The number of halogens is 1. The maximum absolute atomic E-state index is 13.6. The molecule has 1 N–H and O–H groups in total. The van der Waals surface area contributed by atoms with Crippen LogP contribution in [0.1, 0.15) is 12.8 Å². The van der Waals surface area contributed by atoms with Crippen LogP contribution in [-0.2, 0) is 0 Å². The summed E-state index contributed by atoms with van der Waals surface area (Å²) in [6, 6.07) is 3.98. The summed E-state index contributed by atoms with van der Waals surface area (Å²) < 4.78 is 19.8. The summed E-state index contributed by atoms with van der Waals surface area (Å²) in [6.07, 6.45) is 10.2. The van der Waals surface area contributed by atoms with E-state index in [0.717, 1.165) is 12.1 Å². The highest BCUT2D eigenvalue weighted by Gasteiger charge is 2.16. The number of nitrogens with zero attached hydrogens (tertiary/aromatic N) is 3. The zero-order chi connectivity index (χ0) is 16.5. The number of hydrogen-bond donors (Lipinski definition) is 1. The van der Waals surface area contributed by atoms with E-state index in [-0.39, 0.29) is 10.9 Å². The predicted octanol–water partition coefficient (Wildman–Crippen LogP) is 3.46. The van der Waals surface area contributed by atoms with E-state index < -0.39 is 5.82 Å². The van der Waals surface area contributed by atoms with Gasteiger partial charge < -0.3 is 9.84 Å². The molecule has 0 saturated carbocycles. The van der Waals surface area contributed by atoms with Gasteiger partial charge in [-0.15, -0.1) is 0 Å². The number of anilines is 2. The number of rotatable bonds is 3. The molecule has 0 amide bonds. The highest BCUT2D eigenvalue weighted by atomic mass is 19.1. The van der Waals surface area contributed by atoms with Crippen molar-refractivity contribution in [1.82, 2.24) is 14.7 Å². The van der Waals surface area contributed by atoms with Crippen molar-refractivity contribution in [2.75, 3.05) is 5.32 Å². The van der Waals surface area contributed by atoms with Crippen LogP contribution in [0.25, 0.3) is 16.6 Å². The molecule has 3 aromatic rings. The second-order valence-corrected chi connectivity index (χ2v) is 5.40. The zero-order valence-electron chi connectivity index (χ0n) is 12.6. The fourth-order valence-electron chi connectivity index (χ4n) is 2.68. The average molecular weight is 324 g/mol. The molecule has 0 spiro atoms. The Bertz CT molecular complexity index is 1020. The normalized spacial score (nSPS) is 14.0. The molecule has 0 fully saturated rings. The van der Waals surface area contributed by atoms with Gasteiger partial charge in [-0.25, -0.2) is 13.9 Å². The lowest BCUT2D eigenvalue weighted by molar-refractivity contribution is 0.420. The van der Waals surface area contributed by atoms with Crippen LogP contribution >= 0.6 is 0 Å². The van der Waals surface area contributed by atoms with Crippen molar-refractivity contribution in [3.8, 4) is 0 Å². The molecule has 0 aliphatic heterocycles. The van der Waals surface area contributed by atoms with Crippen LogP contribution in [0.2, 0.25) is 0 Å². The molecular formula is C17H13FN4O2. The fourth-order valence-corrected chi connectivity index (χ4v) is 2.68. The number of fused-ring (bicyclic) bond motifs is 1. The summed E-state index contributed by atoms with van der Waals surface area (Å²) in [5.74, 6) is -0.130. The topological polar surface area (TPSA) is 73.0 Å². The lowest BCUT2D eigenvalue weighted by atomic mass is 10.1. The zero-order valence-corrected chi connectivity index (χ0v) is 12.6. The summed E-state index contributed by atoms with van der Waals surface area (Å²) >= 11 is 0. The van der Waals surface area contributed by atoms with Crippen LogP contribution in [0, 0.1) is 5.82 Å². The lowest BCUT2D eigenvalue weighted by Gasteiger charge is -2.17. The first kappa shape index (κ1) is 14.4. The Morgan fingerprint density at radius 1 is 1.33 bits per heavy atom. The van der Waals surface area contributed by atoms with Gasteiger partial charge in [0.25, 0.3) is 5.56 Å². The second kappa shape index (κ2) is 5.77. The molecule has 2 aromatic heterocycles. The molecular weight excluding hydrogens is 311 g/mol. The maximum atomic E-state index is 13.6. The molecule has 0 atom stereocenters. The Morgan fingerprint density at radius 2 is 2.25 bits per heavy atom. The van der Waals surface area contributed by atoms with Gasteiger partial charge in [0.1, 0.15) is 17.8 Å². The van der Waals surface area contributed by atoms with Crippen molar-refractivity contribution in [2.24, 2.45) is 0 Å². The molecule has 1 aliphatic carbocycles. The van der Waals surface area contributed by atoms with E-state index in [2.05, 4.69) is 15.5 Å². The van der Waals surface area contributed by atoms with Crippen molar-refractivity contribution in [3.05, 3.63) is 65.1 Å². The van der Waals surface area contributed by atoms with Crippen molar-refractivity contribution < 1.29 is 8.91 Å². The predicted molar refractivity (Wildman–Crippen MR) is 88.4 cm³/mol. The monoisotopic (exact) mass is 324 g/mol. The van der Waals surface area contributed by atoms with Gasteiger partial charge >= 0.3 is 0 Å². The van der Waals surface area contributed by atoms with Gasteiger partial charge in [-0.1, -0.05) is 17.3 Å². The van der Waals surface area contributed by atoms with E-state index in [1.54, 1.807) is 0 Å². The number of benzene rings is 1. The Morgan fingerprint density at radius 3 is 3.00 bits per heavy atom. The first-order valence-electron chi connectivity index (χ1n) is 7.47. The SMILES string of the molecule is O=c1c2cc(F)ccc2nc(Nc2cnoc2)n1C1=CC=CCC1. The molecule has 0 bridgehead atoms. The minimum Gasteiger partial charge on any atom is -0.363 e. The highest BCUT2D eigenvalue weighted by Crippen LogP contribution is 2.23. The van der Waals surface area contributed by atoms with E-state index >= 15 is 0 Å². The van der Waals surface area contributed by atoms with Crippen LogP contribution < -0.4 is 10.9 Å². The van der Waals surface area contributed by atoms with Crippen molar-refractivity contribution in [2.45, 2.75) is 12.8 Å². The number of allylic oxidation sites excluding steroid dienone is 4. The third-order valence-electron chi connectivity index (χ3n) is 3.80. The summed E-state index contributed by atoms with van der Waals surface area (Å²) in [6.45, 7) is 0. The van der Waals surface area contributed by atoms with Crippen LogP contribution in [0.15, 0.2) is 58.2 Å².